The zero-order valence-corrected chi connectivity index (χ0v) is 7.86. The van der Waals surface area contributed by atoms with E-state index in [9.17, 15) is 0 Å². The summed E-state index contributed by atoms with van der Waals surface area (Å²) in [6.45, 7) is 0. The van der Waals surface area contributed by atoms with Crippen LogP contribution >= 0.6 is 0 Å². The number of hydrogen-bond donors (Lipinski definition) is 1. The number of nitrogens with one attached hydrogen (secondary N) is 1. The fourth-order valence-electron chi connectivity index (χ4n) is 2.30. The van der Waals surface area contributed by atoms with Crippen molar-refractivity contribution in [2.24, 2.45) is 9.98 Å². The Morgan fingerprint density at radius 1 is 1.20 bits per heavy atom. The van der Waals surface area contributed by atoms with E-state index >= 15 is 0 Å². The molecule has 0 fully saturated rings. The van der Waals surface area contributed by atoms with Gasteiger partial charge in [0.25, 0.3) is 0 Å². The minimum Gasteiger partial charge on any atom is -0.359 e. The van der Waals surface area contributed by atoms with Gasteiger partial charge in [-0.05, 0) is 12.1 Å². The topological polar surface area (TPSA) is 40.5 Å². The zero-order valence-electron chi connectivity index (χ0n) is 7.86. The number of aromatic amines is 1. The molecule has 70 valence electrons. The maximum absolute atomic E-state index is 4.39. The van der Waals surface area contributed by atoms with Gasteiger partial charge in [-0.15, -0.1) is 0 Å². The summed E-state index contributed by atoms with van der Waals surface area (Å²) in [4.78, 5) is 11.8. The molecule has 0 spiro atoms. The molecule has 0 saturated heterocycles. The van der Waals surface area contributed by atoms with Crippen LogP contribution in [0.5, 0.6) is 0 Å². The summed E-state index contributed by atoms with van der Waals surface area (Å²) in [5.74, 6) is 0. The van der Waals surface area contributed by atoms with Gasteiger partial charge in [0.05, 0.1) is 11.2 Å². The van der Waals surface area contributed by atoms with Crippen LogP contribution < -0.4 is 10.4 Å². The highest BCUT2D eigenvalue weighted by atomic mass is 14.8. The van der Waals surface area contributed by atoms with Crippen molar-refractivity contribution in [2.45, 2.75) is 0 Å². The van der Waals surface area contributed by atoms with Crippen molar-refractivity contribution in [1.82, 2.24) is 4.98 Å². The van der Waals surface area contributed by atoms with Crippen molar-refractivity contribution in [2.75, 3.05) is 0 Å². The quantitative estimate of drug-likeness (QED) is 0.644. The van der Waals surface area contributed by atoms with Crippen LogP contribution in [0.3, 0.4) is 0 Å². The number of fused-ring (bicyclic) bond motifs is 6. The molecule has 1 aromatic carbocycles. The molecule has 1 N–H and O–H groups in total. The second-order valence-electron chi connectivity index (χ2n) is 3.71. The highest BCUT2D eigenvalue weighted by Crippen LogP contribution is 2.23. The van der Waals surface area contributed by atoms with Crippen molar-refractivity contribution >= 4 is 41.3 Å². The Morgan fingerprint density at radius 3 is 3.20 bits per heavy atom. The first kappa shape index (κ1) is 7.17. The molecule has 0 amide bonds. The van der Waals surface area contributed by atoms with Crippen LogP contribution in [0.2, 0.25) is 0 Å². The number of aromatic nitrogens is 1. The molecule has 0 unspecified atom stereocenters. The second kappa shape index (κ2) is 2.25. The van der Waals surface area contributed by atoms with Gasteiger partial charge in [-0.1, -0.05) is 0 Å². The molecule has 3 heteroatoms. The number of benzene rings is 1. The predicted molar refractivity (Wildman–Crippen MR) is 62.2 cm³/mol. The molecule has 0 aliphatic carbocycles. The van der Waals surface area contributed by atoms with E-state index in [2.05, 4.69) is 21.0 Å². The summed E-state index contributed by atoms with van der Waals surface area (Å²) in [7, 11) is 0. The Balaban J connectivity index is 2.46. The minimum absolute atomic E-state index is 1.04. The standard InChI is InChI=1S/C12H7N3/c1-3-14-11-7(1)9-5-13-6-10(9)8-2-4-15-12(8)11/h1-6,14H. The number of nitrogens with zero attached hydrogens (tertiary/aromatic N) is 2. The number of hydrogen-bond acceptors (Lipinski definition) is 2. The smallest absolute Gasteiger partial charge is 0.0950 e. The molecule has 3 nitrogen and oxygen atoms in total. The van der Waals surface area contributed by atoms with Gasteiger partial charge in [-0.25, -0.2) is 0 Å². The maximum Gasteiger partial charge on any atom is 0.0950 e. The predicted octanol–water partition coefficient (Wildman–Crippen LogP) is 0.835. The van der Waals surface area contributed by atoms with E-state index in [1.54, 1.807) is 0 Å². The van der Waals surface area contributed by atoms with Gasteiger partial charge in [0.1, 0.15) is 0 Å². The average Bonchev–Trinajstić information content (AvgIpc) is 2.97. The number of aliphatic imine (C=N–C) groups is 2. The summed E-state index contributed by atoms with van der Waals surface area (Å²) in [6.07, 6.45) is 9.66. The summed E-state index contributed by atoms with van der Waals surface area (Å²) < 4.78 is 0. The lowest BCUT2D eigenvalue weighted by atomic mass is 10.1. The molecule has 1 aromatic heterocycles. The van der Waals surface area contributed by atoms with Gasteiger partial charge >= 0.3 is 0 Å². The fraction of sp³-hybridized carbons (Fsp3) is 0. The average molecular weight is 193 g/mol. The molecule has 3 heterocycles. The highest BCUT2D eigenvalue weighted by molar-refractivity contribution is 6.10. The Labute approximate surface area is 85.2 Å². The Hall–Kier alpha value is -2.16. The minimum atomic E-state index is 1.04. The lowest BCUT2D eigenvalue weighted by Gasteiger charge is -1.99. The maximum atomic E-state index is 4.39. The van der Waals surface area contributed by atoms with Crippen LogP contribution in [-0.4, -0.2) is 17.4 Å². The fourth-order valence-corrected chi connectivity index (χ4v) is 2.30. The highest BCUT2D eigenvalue weighted by Gasteiger charge is 2.13. The van der Waals surface area contributed by atoms with Crippen LogP contribution in [0.4, 0.5) is 5.69 Å². The normalized spacial score (nSPS) is 15.2. The molecule has 0 radical (unpaired) electrons. The van der Waals surface area contributed by atoms with Crippen LogP contribution in [-0.2, 0) is 0 Å². The van der Waals surface area contributed by atoms with E-state index in [0.29, 0.717) is 0 Å². The number of rotatable bonds is 0. The SMILES string of the molecule is C1=NC=c2c1c1cc[nH]c1c1c2=CC=N1. The Kier molecular flexibility index (Phi) is 1.08. The van der Waals surface area contributed by atoms with Gasteiger partial charge < -0.3 is 4.98 Å². The van der Waals surface area contributed by atoms with Gasteiger partial charge in [0, 0.05) is 46.2 Å². The van der Waals surface area contributed by atoms with E-state index < -0.39 is 0 Å². The molecule has 2 aliphatic heterocycles. The monoisotopic (exact) mass is 193 g/mol. The summed E-state index contributed by atoms with van der Waals surface area (Å²) in [5, 5.41) is 3.57. The summed E-state index contributed by atoms with van der Waals surface area (Å²) in [6, 6.07) is 2.08. The lowest BCUT2D eigenvalue weighted by molar-refractivity contribution is 1.43. The first-order valence-electron chi connectivity index (χ1n) is 4.86. The van der Waals surface area contributed by atoms with Gasteiger partial charge in [0.15, 0.2) is 0 Å². The van der Waals surface area contributed by atoms with E-state index in [0.717, 1.165) is 11.2 Å². The second-order valence-corrected chi connectivity index (χ2v) is 3.71. The van der Waals surface area contributed by atoms with Crippen LogP contribution in [0.1, 0.15) is 5.56 Å². The molecular weight excluding hydrogens is 186 g/mol. The first-order chi connectivity index (χ1) is 7.45. The Morgan fingerprint density at radius 2 is 2.20 bits per heavy atom. The van der Waals surface area contributed by atoms with E-state index in [1.807, 2.05) is 30.9 Å². The van der Waals surface area contributed by atoms with E-state index in [-0.39, 0.29) is 0 Å². The third kappa shape index (κ3) is 0.722. The molecule has 0 bridgehead atoms. The van der Waals surface area contributed by atoms with E-state index in [4.69, 9.17) is 0 Å². The Bertz CT molecular complexity index is 696. The number of H-pyrrole nitrogens is 1. The first-order valence-corrected chi connectivity index (χ1v) is 4.86. The molecular formula is C12H7N3. The lowest BCUT2D eigenvalue weighted by Crippen LogP contribution is -2.26. The molecule has 2 aliphatic rings. The van der Waals surface area contributed by atoms with Crippen molar-refractivity contribution in [3.05, 3.63) is 28.3 Å². The van der Waals surface area contributed by atoms with Gasteiger partial charge in [0.2, 0.25) is 0 Å². The molecule has 2 aromatic rings. The molecule has 4 rings (SSSR count). The summed E-state index contributed by atoms with van der Waals surface area (Å²) in [5.41, 5.74) is 3.35. The molecule has 0 saturated carbocycles. The van der Waals surface area contributed by atoms with Crippen molar-refractivity contribution < 1.29 is 0 Å². The van der Waals surface area contributed by atoms with Crippen LogP contribution in [0, 0.1) is 0 Å². The molecule has 15 heavy (non-hydrogen) atoms. The van der Waals surface area contributed by atoms with Gasteiger partial charge in [-0.2, -0.15) is 0 Å². The van der Waals surface area contributed by atoms with Crippen molar-refractivity contribution in [1.29, 1.82) is 0 Å². The van der Waals surface area contributed by atoms with E-state index in [1.165, 1.54) is 21.4 Å². The summed E-state index contributed by atoms with van der Waals surface area (Å²) >= 11 is 0. The van der Waals surface area contributed by atoms with Crippen molar-refractivity contribution in [3.63, 3.8) is 0 Å². The van der Waals surface area contributed by atoms with Crippen LogP contribution in [0.15, 0.2) is 22.2 Å². The third-order valence-corrected chi connectivity index (χ3v) is 2.96. The third-order valence-electron chi connectivity index (χ3n) is 2.96. The largest absolute Gasteiger partial charge is 0.359 e. The molecule has 0 atom stereocenters. The van der Waals surface area contributed by atoms with Crippen LogP contribution in [0.25, 0.3) is 23.2 Å². The van der Waals surface area contributed by atoms with Gasteiger partial charge in [-0.3, -0.25) is 9.98 Å². The van der Waals surface area contributed by atoms with Crippen molar-refractivity contribution in [3.8, 4) is 0 Å². The zero-order chi connectivity index (χ0) is 9.83.